The van der Waals surface area contributed by atoms with E-state index in [2.05, 4.69) is 6.58 Å². The molecule has 5 nitrogen and oxygen atoms in total. The standard InChI is InChI=1S/C15H16N2O3S/c1-9-8-21-14-11(16)13(18)17(14)12(9)15(19)20-7-10-5-3-2-4-6-10/h2-6,11-12,14H,1,7-8,16H2/t11?,12?,14-/m0/s1. The van der Waals surface area contributed by atoms with Crippen LogP contribution in [-0.4, -0.2) is 40.0 Å². The Kier molecular flexibility index (Phi) is 3.73. The van der Waals surface area contributed by atoms with Crippen LogP contribution in [0.15, 0.2) is 42.5 Å². The maximum absolute atomic E-state index is 12.3. The van der Waals surface area contributed by atoms with Crippen LogP contribution in [0.3, 0.4) is 0 Å². The molecule has 110 valence electrons. The van der Waals surface area contributed by atoms with Gasteiger partial charge in [0.15, 0.2) is 6.04 Å². The van der Waals surface area contributed by atoms with Crippen LogP contribution < -0.4 is 5.73 Å². The van der Waals surface area contributed by atoms with E-state index in [0.29, 0.717) is 11.3 Å². The number of carbonyl (C=O) groups is 2. The Morgan fingerprint density at radius 1 is 1.43 bits per heavy atom. The summed E-state index contributed by atoms with van der Waals surface area (Å²) < 4.78 is 5.33. The van der Waals surface area contributed by atoms with Gasteiger partial charge in [-0.05, 0) is 11.1 Å². The maximum atomic E-state index is 12.3. The third-order valence-corrected chi connectivity index (χ3v) is 5.07. The summed E-state index contributed by atoms with van der Waals surface area (Å²) in [4.78, 5) is 25.7. The first-order valence-corrected chi connectivity index (χ1v) is 7.72. The number of thioether (sulfide) groups is 1. The molecule has 2 aliphatic heterocycles. The molecule has 0 spiro atoms. The third kappa shape index (κ3) is 2.45. The zero-order chi connectivity index (χ0) is 15.0. The van der Waals surface area contributed by atoms with Gasteiger partial charge in [0.25, 0.3) is 0 Å². The maximum Gasteiger partial charge on any atom is 0.333 e. The number of hydrogen-bond donors (Lipinski definition) is 1. The number of nitrogens with two attached hydrogens (primary N) is 1. The van der Waals surface area contributed by atoms with Gasteiger partial charge < -0.3 is 15.4 Å². The summed E-state index contributed by atoms with van der Waals surface area (Å²) in [7, 11) is 0. The van der Waals surface area contributed by atoms with Crippen LogP contribution in [0, 0.1) is 0 Å². The van der Waals surface area contributed by atoms with Crippen molar-refractivity contribution in [3.63, 3.8) is 0 Å². The Morgan fingerprint density at radius 2 is 2.14 bits per heavy atom. The number of amides is 1. The molecule has 2 aliphatic rings. The van der Waals surface area contributed by atoms with Crippen molar-refractivity contribution in [2.75, 3.05) is 5.75 Å². The molecule has 3 rings (SSSR count). The van der Waals surface area contributed by atoms with Crippen molar-refractivity contribution in [2.45, 2.75) is 24.1 Å². The Labute approximate surface area is 127 Å². The number of β-lactam (4-membered cyclic amide) rings is 1. The lowest BCUT2D eigenvalue weighted by Crippen LogP contribution is -2.73. The van der Waals surface area contributed by atoms with Gasteiger partial charge in [0, 0.05) is 5.75 Å². The number of carbonyl (C=O) groups excluding carboxylic acids is 2. The zero-order valence-electron chi connectivity index (χ0n) is 11.4. The number of rotatable bonds is 3. The number of fused-ring (bicyclic) bond motifs is 1. The van der Waals surface area contributed by atoms with Gasteiger partial charge in [-0.3, -0.25) is 4.79 Å². The van der Waals surface area contributed by atoms with Gasteiger partial charge in [-0.1, -0.05) is 36.9 Å². The average Bonchev–Trinajstić information content (AvgIpc) is 2.52. The van der Waals surface area contributed by atoms with Gasteiger partial charge in [0.05, 0.1) is 0 Å². The Hall–Kier alpha value is -1.79. The van der Waals surface area contributed by atoms with Crippen LogP contribution in [0.25, 0.3) is 0 Å². The molecule has 1 aromatic rings. The third-order valence-electron chi connectivity index (χ3n) is 3.67. The molecular formula is C15H16N2O3S. The Morgan fingerprint density at radius 3 is 2.86 bits per heavy atom. The molecule has 2 saturated heterocycles. The van der Waals surface area contributed by atoms with Crippen molar-refractivity contribution in [2.24, 2.45) is 5.73 Å². The summed E-state index contributed by atoms with van der Waals surface area (Å²) in [6.07, 6.45) is 0. The molecule has 0 saturated carbocycles. The highest BCUT2D eigenvalue weighted by atomic mass is 32.2. The summed E-state index contributed by atoms with van der Waals surface area (Å²) in [5.41, 5.74) is 7.35. The fourth-order valence-corrected chi connectivity index (χ4v) is 3.78. The van der Waals surface area contributed by atoms with Crippen LogP contribution in [0.1, 0.15) is 5.56 Å². The summed E-state index contributed by atoms with van der Waals surface area (Å²) in [5.74, 6) is -0.0304. The van der Waals surface area contributed by atoms with E-state index in [4.69, 9.17) is 10.5 Å². The van der Waals surface area contributed by atoms with Crippen molar-refractivity contribution >= 4 is 23.6 Å². The van der Waals surface area contributed by atoms with Crippen LogP contribution in [0.5, 0.6) is 0 Å². The quantitative estimate of drug-likeness (QED) is 0.510. The van der Waals surface area contributed by atoms with Gasteiger partial charge in [-0.15, -0.1) is 11.8 Å². The highest BCUT2D eigenvalue weighted by Gasteiger charge is 2.54. The van der Waals surface area contributed by atoms with Gasteiger partial charge in [0.1, 0.15) is 18.0 Å². The van der Waals surface area contributed by atoms with Crippen LogP contribution in [0.2, 0.25) is 0 Å². The molecule has 0 radical (unpaired) electrons. The summed E-state index contributed by atoms with van der Waals surface area (Å²) in [6.45, 7) is 4.08. The number of ether oxygens (including phenoxy) is 1. The lowest BCUT2D eigenvalue weighted by molar-refractivity contribution is -0.162. The molecule has 0 bridgehead atoms. The van der Waals surface area contributed by atoms with Crippen molar-refractivity contribution in [1.82, 2.24) is 4.90 Å². The SMILES string of the molecule is C=C1CS[C@H]2C(N)C(=O)N2C1C(=O)OCc1ccccc1. The van der Waals surface area contributed by atoms with E-state index in [1.165, 1.54) is 4.90 Å². The molecule has 1 aromatic carbocycles. The van der Waals surface area contributed by atoms with Crippen LogP contribution in [0.4, 0.5) is 0 Å². The minimum absolute atomic E-state index is 0.141. The predicted octanol–water partition coefficient (Wildman–Crippen LogP) is 0.897. The van der Waals surface area contributed by atoms with E-state index in [1.54, 1.807) is 11.8 Å². The Balaban J connectivity index is 1.68. The van der Waals surface area contributed by atoms with Crippen molar-refractivity contribution in [1.29, 1.82) is 0 Å². The zero-order valence-corrected chi connectivity index (χ0v) is 12.2. The molecule has 3 atom stereocenters. The first kappa shape index (κ1) is 14.2. The number of nitrogens with zero attached hydrogens (tertiary/aromatic N) is 1. The number of benzene rings is 1. The minimum Gasteiger partial charge on any atom is -0.459 e. The summed E-state index contributed by atoms with van der Waals surface area (Å²) in [5, 5.41) is -0.141. The van der Waals surface area contributed by atoms with Gasteiger partial charge >= 0.3 is 5.97 Å². The van der Waals surface area contributed by atoms with Crippen molar-refractivity contribution in [3.8, 4) is 0 Å². The number of esters is 1. The molecule has 21 heavy (non-hydrogen) atoms. The molecule has 6 heteroatoms. The summed E-state index contributed by atoms with van der Waals surface area (Å²) in [6, 6.07) is 8.20. The number of hydrogen-bond acceptors (Lipinski definition) is 5. The Bertz CT molecular complexity index is 590. The summed E-state index contributed by atoms with van der Waals surface area (Å²) >= 11 is 1.54. The van der Waals surface area contributed by atoms with Gasteiger partial charge in [0.2, 0.25) is 5.91 Å². The van der Waals surface area contributed by atoms with E-state index in [9.17, 15) is 9.59 Å². The second-order valence-corrected chi connectivity index (χ2v) is 6.23. The molecule has 2 unspecified atom stereocenters. The topological polar surface area (TPSA) is 72.6 Å². The van der Waals surface area contributed by atoms with Crippen LogP contribution in [-0.2, 0) is 20.9 Å². The van der Waals surface area contributed by atoms with E-state index in [0.717, 1.165) is 5.56 Å². The first-order valence-electron chi connectivity index (χ1n) is 6.67. The van der Waals surface area contributed by atoms with E-state index in [-0.39, 0.29) is 17.9 Å². The van der Waals surface area contributed by atoms with E-state index in [1.807, 2.05) is 30.3 Å². The minimum atomic E-state index is -0.702. The molecule has 0 aromatic heterocycles. The second kappa shape index (κ2) is 5.54. The van der Waals surface area contributed by atoms with Crippen LogP contribution >= 0.6 is 11.8 Å². The van der Waals surface area contributed by atoms with Gasteiger partial charge in [-0.25, -0.2) is 4.79 Å². The lowest BCUT2D eigenvalue weighted by atomic mass is 9.99. The lowest BCUT2D eigenvalue weighted by Gasteiger charge is -2.51. The molecule has 2 heterocycles. The fourth-order valence-electron chi connectivity index (χ4n) is 2.52. The fraction of sp³-hybridized carbons (Fsp3) is 0.333. The average molecular weight is 304 g/mol. The van der Waals surface area contributed by atoms with Crippen molar-refractivity contribution in [3.05, 3.63) is 48.0 Å². The molecule has 0 aliphatic carbocycles. The smallest absolute Gasteiger partial charge is 0.333 e. The van der Waals surface area contributed by atoms with Crippen molar-refractivity contribution < 1.29 is 14.3 Å². The second-order valence-electron chi connectivity index (χ2n) is 5.13. The van der Waals surface area contributed by atoms with E-state index < -0.39 is 18.1 Å². The molecule has 1 amide bonds. The predicted molar refractivity (Wildman–Crippen MR) is 80.2 cm³/mol. The van der Waals surface area contributed by atoms with Gasteiger partial charge in [-0.2, -0.15) is 0 Å². The van der Waals surface area contributed by atoms with E-state index >= 15 is 0 Å². The molecule has 2 N–H and O–H groups in total. The highest BCUT2D eigenvalue weighted by molar-refractivity contribution is 8.00. The monoisotopic (exact) mass is 304 g/mol. The highest BCUT2D eigenvalue weighted by Crippen LogP contribution is 2.39. The largest absolute Gasteiger partial charge is 0.459 e. The normalized spacial score (nSPS) is 27.9. The molecule has 2 fully saturated rings. The molecular weight excluding hydrogens is 288 g/mol. The first-order chi connectivity index (χ1) is 10.1.